The third kappa shape index (κ3) is 9.52. The highest BCUT2D eigenvalue weighted by Gasteiger charge is 2.30. The van der Waals surface area contributed by atoms with Gasteiger partial charge in [-0.3, -0.25) is 14.6 Å². The lowest BCUT2D eigenvalue weighted by Gasteiger charge is -2.32. The first kappa shape index (κ1) is 40.9. The Hall–Kier alpha value is -5.29. The fourth-order valence-corrected chi connectivity index (χ4v) is 7.70. The number of benzene rings is 3. The second-order valence-electron chi connectivity index (χ2n) is 13.9. The van der Waals surface area contributed by atoms with Gasteiger partial charge in [-0.15, -0.1) is 0 Å². The summed E-state index contributed by atoms with van der Waals surface area (Å²) >= 11 is 8.05. The van der Waals surface area contributed by atoms with Crippen molar-refractivity contribution >= 4 is 39.2 Å². The van der Waals surface area contributed by atoms with Crippen LogP contribution in [0.2, 0.25) is 5.02 Å². The third-order valence-corrected chi connectivity index (χ3v) is 11.1. The molecule has 58 heavy (non-hydrogen) atoms. The number of nitrogens with zero attached hydrogens (tertiary/aromatic N) is 6. The van der Waals surface area contributed by atoms with E-state index in [1.54, 1.807) is 48.7 Å². The molecule has 0 spiro atoms. The van der Waals surface area contributed by atoms with Crippen molar-refractivity contribution in [2.45, 2.75) is 38.8 Å². The van der Waals surface area contributed by atoms with E-state index in [-0.39, 0.29) is 30.4 Å². The molecule has 3 aromatic heterocycles. The molecule has 3 aromatic carbocycles. The van der Waals surface area contributed by atoms with Crippen LogP contribution < -0.4 is 14.2 Å². The molecule has 0 bridgehead atoms. The van der Waals surface area contributed by atoms with Crippen LogP contribution in [-0.4, -0.2) is 98.7 Å². The van der Waals surface area contributed by atoms with Gasteiger partial charge in [0.05, 0.1) is 26.5 Å². The molecular formula is C41H39ClF4N6O5S. The first-order chi connectivity index (χ1) is 27.8. The van der Waals surface area contributed by atoms with E-state index >= 15 is 0 Å². The van der Waals surface area contributed by atoms with Crippen LogP contribution in [0.15, 0.2) is 79.1 Å². The largest absolute Gasteiger partial charge is 0.491 e. The number of ether oxygens (including phenoxy) is 3. The van der Waals surface area contributed by atoms with Crippen molar-refractivity contribution < 1.29 is 41.7 Å². The summed E-state index contributed by atoms with van der Waals surface area (Å²) in [7, 11) is 2.10. The predicted octanol–water partition coefficient (Wildman–Crippen LogP) is 8.16. The van der Waals surface area contributed by atoms with Crippen LogP contribution in [0.1, 0.15) is 16.8 Å². The van der Waals surface area contributed by atoms with Crippen LogP contribution in [0.25, 0.3) is 32.5 Å². The lowest BCUT2D eigenvalue weighted by atomic mass is 9.93. The summed E-state index contributed by atoms with van der Waals surface area (Å²) in [5, 5.41) is 15.0. The molecule has 4 heterocycles. The Morgan fingerprint density at radius 2 is 1.81 bits per heavy atom. The van der Waals surface area contributed by atoms with Crippen LogP contribution >= 0.6 is 23.1 Å². The maximum absolute atomic E-state index is 14.7. The summed E-state index contributed by atoms with van der Waals surface area (Å²) in [5.41, 5.74) is 3.28. The molecule has 7 rings (SSSR count). The highest BCUT2D eigenvalue weighted by atomic mass is 35.5. The molecule has 0 saturated carbocycles. The second-order valence-corrected chi connectivity index (χ2v) is 15.1. The van der Waals surface area contributed by atoms with E-state index in [4.69, 9.17) is 30.8 Å². The van der Waals surface area contributed by atoms with Gasteiger partial charge in [-0.25, -0.2) is 9.18 Å². The molecule has 1 atom stereocenters. The highest BCUT2D eigenvalue weighted by molar-refractivity contribution is 7.13. The number of alkyl halides is 3. The van der Waals surface area contributed by atoms with Crippen molar-refractivity contribution in [2.24, 2.45) is 0 Å². The number of rotatable bonds is 15. The number of halogens is 5. The quantitative estimate of drug-likeness (QED) is 0.102. The van der Waals surface area contributed by atoms with E-state index < -0.39 is 30.6 Å². The number of hydrogen-bond acceptors (Lipinski definition) is 10. The van der Waals surface area contributed by atoms with E-state index in [0.29, 0.717) is 61.0 Å². The fraction of sp³-hybridized carbons (Fsp3) is 0.317. The van der Waals surface area contributed by atoms with Gasteiger partial charge in [-0.05, 0) is 72.5 Å². The number of likely N-dealkylation sites (N-methyl/N-ethyl adjacent to an activating group) is 1. The van der Waals surface area contributed by atoms with Crippen molar-refractivity contribution in [3.8, 4) is 39.8 Å². The van der Waals surface area contributed by atoms with Gasteiger partial charge < -0.3 is 24.2 Å². The molecule has 1 N–H and O–H groups in total. The Kier molecular flexibility index (Phi) is 12.5. The van der Waals surface area contributed by atoms with Crippen molar-refractivity contribution in [3.05, 3.63) is 107 Å². The molecule has 1 aliphatic rings. The minimum atomic E-state index is -4.48. The summed E-state index contributed by atoms with van der Waals surface area (Å²) in [6.45, 7) is 5.38. The number of fused-ring (bicyclic) bond motifs is 1. The average Bonchev–Trinajstić information content (AvgIpc) is 3.81. The number of aromatic nitrogens is 4. The SMILES string of the molecule is Cc1c(-c2c(-c3cccc(F)c3)ncc3snc(OC(Cc4ccccc4OCc4ccnn4CC(F)(F)F)C(=O)O)c23)ccc(OCCN2CCN(C)CC2)c1Cl. The molecule has 1 unspecified atom stereocenters. The monoisotopic (exact) mass is 838 g/mol. The smallest absolute Gasteiger partial charge is 0.408 e. The molecule has 1 fully saturated rings. The zero-order valence-corrected chi connectivity index (χ0v) is 33.1. The molecule has 17 heteroatoms. The van der Waals surface area contributed by atoms with E-state index in [1.807, 2.05) is 13.0 Å². The van der Waals surface area contributed by atoms with Crippen LogP contribution in [0, 0.1) is 12.7 Å². The van der Waals surface area contributed by atoms with Gasteiger partial charge >= 0.3 is 12.1 Å². The van der Waals surface area contributed by atoms with Gasteiger partial charge in [0, 0.05) is 62.7 Å². The van der Waals surface area contributed by atoms with Gasteiger partial charge in [0.25, 0.3) is 0 Å². The molecule has 0 amide bonds. The number of carbonyl (C=O) groups is 1. The van der Waals surface area contributed by atoms with Gasteiger partial charge in [0.1, 0.15) is 37.1 Å². The van der Waals surface area contributed by atoms with E-state index in [9.17, 15) is 27.5 Å². The highest BCUT2D eigenvalue weighted by Crippen LogP contribution is 2.46. The zero-order chi connectivity index (χ0) is 41.0. The lowest BCUT2D eigenvalue weighted by Crippen LogP contribution is -2.45. The summed E-state index contributed by atoms with van der Waals surface area (Å²) in [6.07, 6.45) is -3.32. The Labute approximate surface area is 340 Å². The maximum Gasteiger partial charge on any atom is 0.408 e. The van der Waals surface area contributed by atoms with Crippen LogP contribution in [-0.2, 0) is 24.4 Å². The number of pyridine rings is 1. The number of piperazine rings is 1. The predicted molar refractivity (Wildman–Crippen MR) is 212 cm³/mol. The Bertz CT molecular complexity index is 2400. The first-order valence-corrected chi connectivity index (χ1v) is 19.5. The third-order valence-electron chi connectivity index (χ3n) is 9.88. The van der Waals surface area contributed by atoms with Crippen molar-refractivity contribution in [3.63, 3.8) is 0 Å². The molecule has 304 valence electrons. The van der Waals surface area contributed by atoms with E-state index in [1.165, 1.54) is 24.4 Å². The summed E-state index contributed by atoms with van der Waals surface area (Å²) < 4.78 is 78.2. The van der Waals surface area contributed by atoms with Crippen molar-refractivity contribution in [1.29, 1.82) is 0 Å². The van der Waals surface area contributed by atoms with Gasteiger partial charge in [0.15, 0.2) is 0 Å². The van der Waals surface area contributed by atoms with Crippen molar-refractivity contribution in [1.82, 2.24) is 28.9 Å². The second kappa shape index (κ2) is 17.7. The number of para-hydroxylation sites is 1. The van der Waals surface area contributed by atoms with Gasteiger partial charge in [0.2, 0.25) is 12.0 Å². The number of aliphatic carboxylic acids is 1. The Balaban J connectivity index is 1.20. The normalized spacial score (nSPS) is 14.5. The molecule has 1 saturated heterocycles. The lowest BCUT2D eigenvalue weighted by molar-refractivity contribution is -0.145. The summed E-state index contributed by atoms with van der Waals surface area (Å²) in [6, 6.07) is 17.6. The number of carboxylic acids is 1. The standard InChI is InChI=1S/C41H39ClF4N6O5S/c1-25-30(10-11-32(37(25)42)55-19-18-51-16-14-50(2)15-17-51)35-36-34(22-47-38(35)27-7-5-8-28(43)20-27)58-49-39(36)57-33(40(53)54)21-26-6-3-4-9-31(26)56-23-29-12-13-48-52(29)24-41(44,45)46/h3-13,20,22,33H,14-19,21,23-24H2,1-2H3,(H,53,54). The van der Waals surface area contributed by atoms with E-state index in [2.05, 4.69) is 26.3 Å². The minimum Gasteiger partial charge on any atom is -0.491 e. The first-order valence-electron chi connectivity index (χ1n) is 18.4. The van der Waals surface area contributed by atoms with Gasteiger partial charge in [-0.1, -0.05) is 48.0 Å². The topological polar surface area (TPSA) is 115 Å². The molecule has 0 aliphatic carbocycles. The van der Waals surface area contributed by atoms with Crippen LogP contribution in [0.4, 0.5) is 17.6 Å². The Morgan fingerprint density at radius 3 is 2.57 bits per heavy atom. The van der Waals surface area contributed by atoms with Gasteiger partial charge in [-0.2, -0.15) is 22.6 Å². The molecule has 11 nitrogen and oxygen atoms in total. The maximum atomic E-state index is 14.7. The van der Waals surface area contributed by atoms with Crippen molar-refractivity contribution in [2.75, 3.05) is 46.4 Å². The molecule has 6 aromatic rings. The minimum absolute atomic E-state index is 0.0138. The summed E-state index contributed by atoms with van der Waals surface area (Å²) in [5.74, 6) is -0.992. The molecular weight excluding hydrogens is 800 g/mol. The fourth-order valence-electron chi connectivity index (χ4n) is 6.78. The Morgan fingerprint density at radius 1 is 1.02 bits per heavy atom. The average molecular weight is 839 g/mol. The van der Waals surface area contributed by atoms with Crippen LogP contribution in [0.5, 0.6) is 17.4 Å². The summed E-state index contributed by atoms with van der Waals surface area (Å²) in [4.78, 5) is 22.2. The molecule has 0 radical (unpaired) electrons. The molecule has 1 aliphatic heterocycles. The van der Waals surface area contributed by atoms with Crippen LogP contribution in [0.3, 0.4) is 0 Å². The van der Waals surface area contributed by atoms with E-state index in [0.717, 1.165) is 48.9 Å². The number of carboxylic acid groups (broad SMARTS) is 1. The number of hydrogen-bond donors (Lipinski definition) is 1. The zero-order valence-electron chi connectivity index (χ0n) is 31.5.